The molecule has 1 aliphatic heterocycles. The van der Waals surface area contributed by atoms with Crippen molar-refractivity contribution in [1.82, 2.24) is 9.47 Å². The number of rotatable bonds is 2. The molecule has 2 aromatic carbocycles. The number of piperidine rings is 1. The molecule has 2 N–H and O–H groups in total. The third-order valence-corrected chi connectivity index (χ3v) is 5.33. The molecule has 0 bridgehead atoms. The largest absolute Gasteiger partial charge is 0.399 e. The molecule has 0 spiro atoms. The lowest BCUT2D eigenvalue weighted by atomic mass is 9.89. The SMILES string of the molecule is CN1CCC(c2cn(C(=O)c3ccc(F)cc3)c3ccc(N)cc23)CC1. The zero-order chi connectivity index (χ0) is 18.3. The lowest BCUT2D eigenvalue weighted by Crippen LogP contribution is -2.29. The normalized spacial score (nSPS) is 16.2. The van der Waals surface area contributed by atoms with Crippen molar-refractivity contribution >= 4 is 22.5 Å². The Labute approximate surface area is 152 Å². The Balaban J connectivity index is 1.80. The molecule has 5 heteroatoms. The van der Waals surface area contributed by atoms with Gasteiger partial charge in [0, 0.05) is 22.8 Å². The van der Waals surface area contributed by atoms with Gasteiger partial charge in [-0.25, -0.2) is 4.39 Å². The second-order valence-corrected chi connectivity index (χ2v) is 7.12. The molecule has 0 atom stereocenters. The molecule has 0 unspecified atom stereocenters. The first-order valence-electron chi connectivity index (χ1n) is 8.92. The van der Waals surface area contributed by atoms with Crippen molar-refractivity contribution in [2.45, 2.75) is 18.8 Å². The molecule has 0 amide bonds. The minimum absolute atomic E-state index is 0.154. The topological polar surface area (TPSA) is 51.3 Å². The molecule has 0 saturated carbocycles. The highest BCUT2D eigenvalue weighted by molar-refractivity contribution is 6.03. The zero-order valence-corrected chi connectivity index (χ0v) is 14.8. The van der Waals surface area contributed by atoms with E-state index in [1.807, 2.05) is 24.4 Å². The summed E-state index contributed by atoms with van der Waals surface area (Å²) in [6, 6.07) is 11.3. The second-order valence-electron chi connectivity index (χ2n) is 7.12. The van der Waals surface area contributed by atoms with Crippen LogP contribution in [-0.4, -0.2) is 35.5 Å². The van der Waals surface area contributed by atoms with Crippen molar-refractivity contribution in [2.75, 3.05) is 25.9 Å². The van der Waals surface area contributed by atoms with E-state index in [4.69, 9.17) is 5.73 Å². The number of nitrogens with two attached hydrogens (primary N) is 1. The van der Waals surface area contributed by atoms with Gasteiger partial charge in [0.15, 0.2) is 0 Å². The van der Waals surface area contributed by atoms with Crippen LogP contribution in [-0.2, 0) is 0 Å². The predicted molar refractivity (Wildman–Crippen MR) is 102 cm³/mol. The Morgan fingerprint density at radius 1 is 1.12 bits per heavy atom. The van der Waals surface area contributed by atoms with Crippen LogP contribution in [0.25, 0.3) is 10.9 Å². The van der Waals surface area contributed by atoms with Crippen molar-refractivity contribution in [3.63, 3.8) is 0 Å². The average Bonchev–Trinajstić information content (AvgIpc) is 3.01. The molecular formula is C21H22FN3O. The van der Waals surface area contributed by atoms with Crippen molar-refractivity contribution in [1.29, 1.82) is 0 Å². The molecule has 4 rings (SSSR count). The average molecular weight is 351 g/mol. The quantitative estimate of drug-likeness (QED) is 0.713. The first kappa shape index (κ1) is 16.8. The van der Waals surface area contributed by atoms with Crippen LogP contribution in [0.15, 0.2) is 48.7 Å². The van der Waals surface area contributed by atoms with Gasteiger partial charge in [-0.1, -0.05) is 0 Å². The van der Waals surface area contributed by atoms with Crippen LogP contribution in [0.3, 0.4) is 0 Å². The number of carbonyl (C=O) groups excluding carboxylic acids is 1. The van der Waals surface area contributed by atoms with E-state index in [9.17, 15) is 9.18 Å². The van der Waals surface area contributed by atoms with Gasteiger partial charge in [-0.05, 0) is 86.9 Å². The van der Waals surface area contributed by atoms with Crippen LogP contribution < -0.4 is 5.73 Å². The van der Waals surface area contributed by atoms with Crippen molar-refractivity contribution < 1.29 is 9.18 Å². The lowest BCUT2D eigenvalue weighted by molar-refractivity contribution is 0.0964. The zero-order valence-electron chi connectivity index (χ0n) is 14.8. The maximum absolute atomic E-state index is 13.2. The third-order valence-electron chi connectivity index (χ3n) is 5.33. The van der Waals surface area contributed by atoms with Gasteiger partial charge in [0.2, 0.25) is 0 Å². The molecule has 26 heavy (non-hydrogen) atoms. The van der Waals surface area contributed by atoms with E-state index < -0.39 is 0 Å². The van der Waals surface area contributed by atoms with Crippen molar-refractivity contribution in [3.8, 4) is 0 Å². The van der Waals surface area contributed by atoms with Gasteiger partial charge in [0.25, 0.3) is 5.91 Å². The first-order valence-corrected chi connectivity index (χ1v) is 8.92. The Bertz CT molecular complexity index is 953. The molecule has 3 aromatic rings. The van der Waals surface area contributed by atoms with Crippen LogP contribution in [0.5, 0.6) is 0 Å². The van der Waals surface area contributed by atoms with Gasteiger partial charge >= 0.3 is 0 Å². The molecule has 0 radical (unpaired) electrons. The molecule has 1 aromatic heterocycles. The summed E-state index contributed by atoms with van der Waals surface area (Å²) in [4.78, 5) is 15.3. The summed E-state index contributed by atoms with van der Waals surface area (Å²) in [5, 5.41) is 1.04. The molecule has 2 heterocycles. The van der Waals surface area contributed by atoms with Crippen molar-refractivity contribution in [3.05, 3.63) is 65.6 Å². The van der Waals surface area contributed by atoms with Gasteiger partial charge in [-0.2, -0.15) is 0 Å². The van der Waals surface area contributed by atoms with E-state index in [2.05, 4.69) is 11.9 Å². The lowest BCUT2D eigenvalue weighted by Gasteiger charge is -2.28. The fourth-order valence-electron chi connectivity index (χ4n) is 3.82. The standard InChI is InChI=1S/C21H22FN3O/c1-24-10-8-14(9-11-24)19-13-25(20-7-6-17(23)12-18(19)20)21(26)15-2-4-16(22)5-3-15/h2-7,12-14H,8-11,23H2,1H3. The summed E-state index contributed by atoms with van der Waals surface area (Å²) in [7, 11) is 2.13. The van der Waals surface area contributed by atoms with Gasteiger partial charge in [-0.15, -0.1) is 0 Å². The Hall–Kier alpha value is -2.66. The maximum atomic E-state index is 13.2. The van der Waals surface area contributed by atoms with Crippen LogP contribution >= 0.6 is 0 Å². The van der Waals surface area contributed by atoms with E-state index in [0.717, 1.165) is 36.8 Å². The second kappa shape index (κ2) is 6.57. The number of carbonyl (C=O) groups is 1. The summed E-state index contributed by atoms with van der Waals surface area (Å²) in [5.41, 5.74) is 9.20. The number of aromatic nitrogens is 1. The molecule has 4 nitrogen and oxygen atoms in total. The number of likely N-dealkylation sites (tertiary alicyclic amines) is 1. The number of benzene rings is 2. The fourth-order valence-corrected chi connectivity index (χ4v) is 3.82. The maximum Gasteiger partial charge on any atom is 0.262 e. The molecule has 134 valence electrons. The third kappa shape index (κ3) is 2.99. The summed E-state index contributed by atoms with van der Waals surface area (Å²) >= 11 is 0. The number of anilines is 1. The highest BCUT2D eigenvalue weighted by Crippen LogP contribution is 2.35. The van der Waals surface area contributed by atoms with E-state index >= 15 is 0 Å². The van der Waals surface area contributed by atoms with E-state index in [0.29, 0.717) is 17.2 Å². The number of nitrogen functional groups attached to an aromatic ring is 1. The number of hydrogen-bond acceptors (Lipinski definition) is 3. The monoisotopic (exact) mass is 351 g/mol. The number of halogens is 1. The number of hydrogen-bond donors (Lipinski definition) is 1. The van der Waals surface area contributed by atoms with Gasteiger partial charge < -0.3 is 10.6 Å². The van der Waals surface area contributed by atoms with E-state index in [1.165, 1.54) is 29.8 Å². The predicted octanol–water partition coefficient (Wildman–Crippen LogP) is 3.86. The molecule has 0 aliphatic carbocycles. The molecule has 1 aliphatic rings. The Kier molecular flexibility index (Phi) is 4.24. The van der Waals surface area contributed by atoms with Crippen LogP contribution in [0.2, 0.25) is 0 Å². The van der Waals surface area contributed by atoms with Crippen LogP contribution in [0.4, 0.5) is 10.1 Å². The van der Waals surface area contributed by atoms with E-state index in [-0.39, 0.29) is 11.7 Å². The summed E-state index contributed by atoms with van der Waals surface area (Å²) in [5.74, 6) is -0.0876. The molecular weight excluding hydrogens is 329 g/mol. The Morgan fingerprint density at radius 2 is 1.81 bits per heavy atom. The fraction of sp³-hybridized carbons (Fsp3) is 0.286. The number of nitrogens with zero attached hydrogens (tertiary/aromatic N) is 2. The van der Waals surface area contributed by atoms with Crippen LogP contribution in [0, 0.1) is 5.82 Å². The highest BCUT2D eigenvalue weighted by Gasteiger charge is 2.24. The first-order chi connectivity index (χ1) is 12.5. The van der Waals surface area contributed by atoms with Crippen LogP contribution in [0.1, 0.15) is 34.7 Å². The smallest absolute Gasteiger partial charge is 0.262 e. The molecule has 1 saturated heterocycles. The summed E-state index contributed by atoms with van der Waals surface area (Å²) in [6.45, 7) is 2.09. The highest BCUT2D eigenvalue weighted by atomic mass is 19.1. The summed E-state index contributed by atoms with van der Waals surface area (Å²) < 4.78 is 14.9. The Morgan fingerprint density at radius 3 is 2.50 bits per heavy atom. The van der Waals surface area contributed by atoms with Gasteiger partial charge in [0.1, 0.15) is 5.82 Å². The summed E-state index contributed by atoms with van der Waals surface area (Å²) in [6.07, 6.45) is 4.08. The van der Waals surface area contributed by atoms with Crippen molar-refractivity contribution in [2.24, 2.45) is 0 Å². The van der Waals surface area contributed by atoms with Gasteiger partial charge in [-0.3, -0.25) is 9.36 Å². The van der Waals surface area contributed by atoms with E-state index in [1.54, 1.807) is 4.57 Å². The number of fused-ring (bicyclic) bond motifs is 1. The molecule has 1 fully saturated rings. The van der Waals surface area contributed by atoms with Gasteiger partial charge in [0.05, 0.1) is 5.52 Å². The minimum atomic E-state index is -0.348. The minimum Gasteiger partial charge on any atom is -0.399 e.